The third-order valence-electron chi connectivity index (χ3n) is 18.9. The fourth-order valence-electron chi connectivity index (χ4n) is 12.8. The van der Waals surface area contributed by atoms with Crippen LogP contribution >= 0.6 is 11.6 Å². The van der Waals surface area contributed by atoms with Crippen LogP contribution in [0.5, 0.6) is 0 Å². The molecule has 4 aliphatic rings. The van der Waals surface area contributed by atoms with Crippen LogP contribution in [0, 0.1) is 21.7 Å². The monoisotopic (exact) mass is 1590 g/mol. The summed E-state index contributed by atoms with van der Waals surface area (Å²) >= 11 is 4.99. The number of carbonyl (C=O) groups excluding carboxylic acids is 7. The highest BCUT2D eigenvalue weighted by Gasteiger charge is 2.42. The van der Waals surface area contributed by atoms with Crippen molar-refractivity contribution in [2.45, 2.75) is 189 Å². The molecule has 0 spiro atoms. The van der Waals surface area contributed by atoms with Gasteiger partial charge in [-0.1, -0.05) is 270 Å². The third-order valence-corrected chi connectivity index (χ3v) is 19.0. The van der Waals surface area contributed by atoms with Gasteiger partial charge in [-0.15, -0.1) is 0 Å². The van der Waals surface area contributed by atoms with Crippen molar-refractivity contribution in [3.8, 4) is 0 Å². The van der Waals surface area contributed by atoms with E-state index < -0.39 is 42.3 Å². The Hall–Kier alpha value is -8.91. The van der Waals surface area contributed by atoms with Crippen molar-refractivity contribution < 1.29 is 63.1 Å². The molecule has 0 saturated heterocycles. The van der Waals surface area contributed by atoms with E-state index >= 15 is 0 Å². The van der Waals surface area contributed by atoms with Crippen molar-refractivity contribution in [2.75, 3.05) is 82.6 Å². The molecule has 0 aromatic carbocycles. The predicted octanol–water partition coefficient (Wildman–Crippen LogP) is 18.0. The number of aliphatic hydroxyl groups excluding tert-OH is 2. The fraction of sp³-hybridized carbons (Fsp3) is 0.458. The summed E-state index contributed by atoms with van der Waals surface area (Å²) in [5, 5.41) is 27.8. The number of likely N-dealkylation sites (N-methyl/N-ethyl adjacent to an activating group) is 4. The molecule has 0 bridgehead atoms. The standard InChI is InChI=1S/C48H66N2O6.C40H52O4.C4H8ClNO.C4H9NO2/c1-33(21-17-23-35(3)25-27-39-37(5)45(53)41(29-47(39,7)8)55-43(51)31-49(11)12)19-15-16-20-34(2)22-18-24-36(4)26-28-40-38(6)46(54)42(30-48(40,9)10)56-44(52)32-50(13)14;1-27(17-13-19-29(3)21-23-33-31(5)37(43)35(41)25-39(33,7)8)15-11-12-16-28(2)18-14-20-30(4)22-24-34-32(6)38(44)36(42)26-40(34,9)10;1-6(2)3-4(5)7;1-5(2)3-4(6)7/h15-28,41-42H,29-32H2,1-14H3;11-24,35-36,41-42H,25-26H2,1-10H3;3H2,1-2H3;3H2,1-2H3,(H,6,7)/b16-15+,21-17+,22-18+,27-25+,28-26+,33-19+,34-20+,35-23+,36-24+;12-11+,17-13+,18-14+,23-21+,24-22+,27-15+,28-16+,29-19+,30-20+;;/t41-,42-;35-,36-;;/m00../s1. The lowest BCUT2D eigenvalue weighted by molar-refractivity contribution is -0.156. The zero-order valence-corrected chi connectivity index (χ0v) is 74.5. The molecule has 4 atom stereocenters. The maximum Gasteiger partial charge on any atom is 0.320 e. The largest absolute Gasteiger partial charge is 0.480 e. The van der Waals surface area contributed by atoms with Gasteiger partial charge in [-0.2, -0.15) is 0 Å². The van der Waals surface area contributed by atoms with E-state index in [2.05, 4.69) is 93.5 Å². The summed E-state index contributed by atoms with van der Waals surface area (Å²) in [6.07, 6.45) is 55.3. The molecule has 0 heterocycles. The SMILES string of the molecule is CC1=C(/C=C/C(C)=C/C=C/C(C)=C/C=C/C=C(C)/C=C/C=C(C)/C=C/C2=C(C)C(=O)[C@@H](O)CC2(C)C)C(C)(C)C[C@H](O)C1=O.CC1=C(/C=C/C(C)=C/C=C/C(C)=C/C=C/C=C(C)/C=C/C=C(C)/C=C/C2=C(C)C(=O)[C@@H](OC(=O)CN(C)C)CC2(C)C)C(C)(C)C[C@H](OC(=O)CN(C)C)C1=O.CN(C)CC(=O)Cl.CN(C)CC(=O)O. The molecule has 0 aromatic heterocycles. The Kier molecular flexibility index (Phi) is 45.0. The van der Waals surface area contributed by atoms with Crippen molar-refractivity contribution in [1.29, 1.82) is 0 Å². The first-order valence-electron chi connectivity index (χ1n) is 38.7. The summed E-state index contributed by atoms with van der Waals surface area (Å²) in [5.41, 5.74) is 14.0. The highest BCUT2D eigenvalue weighted by molar-refractivity contribution is 6.64. The van der Waals surface area contributed by atoms with Crippen molar-refractivity contribution in [1.82, 2.24) is 19.6 Å². The van der Waals surface area contributed by atoms with Crippen LogP contribution < -0.4 is 0 Å². The zero-order valence-electron chi connectivity index (χ0n) is 73.7. The number of carbonyl (C=O) groups is 8. The van der Waals surface area contributed by atoms with E-state index in [1.54, 1.807) is 89.8 Å². The molecular formula is C96H135ClN4O13. The average Bonchev–Trinajstić information content (AvgIpc) is 0.798. The van der Waals surface area contributed by atoms with Gasteiger partial charge in [-0.05, 0) is 230 Å². The van der Waals surface area contributed by atoms with Gasteiger partial charge in [-0.3, -0.25) is 53.1 Å². The number of nitrogens with zero attached hydrogens (tertiary/aromatic N) is 4. The van der Waals surface area contributed by atoms with Crippen LogP contribution in [0.15, 0.2) is 259 Å². The van der Waals surface area contributed by atoms with Crippen molar-refractivity contribution in [2.24, 2.45) is 21.7 Å². The molecule has 4 aliphatic carbocycles. The summed E-state index contributed by atoms with van der Waals surface area (Å²) < 4.78 is 11.1. The Morgan fingerprint density at radius 3 is 0.763 bits per heavy atom. The number of aliphatic hydroxyl groups is 2. The van der Waals surface area contributed by atoms with Crippen LogP contribution in [0.1, 0.15) is 164 Å². The molecule has 18 heteroatoms. The predicted molar refractivity (Wildman–Crippen MR) is 470 cm³/mol. The molecule has 0 fully saturated rings. The van der Waals surface area contributed by atoms with Gasteiger partial charge in [0.05, 0.1) is 26.2 Å². The minimum absolute atomic E-state index is 0.111. The van der Waals surface area contributed by atoms with E-state index in [0.717, 1.165) is 66.9 Å². The number of ketones is 4. The molecule has 0 aromatic rings. The average molecular weight is 1590 g/mol. The van der Waals surface area contributed by atoms with E-state index in [0.29, 0.717) is 54.5 Å². The van der Waals surface area contributed by atoms with Crippen LogP contribution in [0.2, 0.25) is 0 Å². The first kappa shape index (κ1) is 103. The number of hydrogen-bond donors (Lipinski definition) is 3. The van der Waals surface area contributed by atoms with E-state index in [-0.39, 0.29) is 69.7 Å². The number of aliphatic carboxylic acids is 1. The van der Waals surface area contributed by atoms with Crippen LogP contribution in [0.25, 0.3) is 0 Å². The lowest BCUT2D eigenvalue weighted by Crippen LogP contribution is -2.40. The van der Waals surface area contributed by atoms with Crippen LogP contribution in [-0.4, -0.2) is 188 Å². The van der Waals surface area contributed by atoms with Crippen molar-refractivity contribution in [3.05, 3.63) is 259 Å². The molecule has 0 aliphatic heterocycles. The third kappa shape index (κ3) is 39.4. The number of halogens is 1. The van der Waals surface area contributed by atoms with Gasteiger partial charge in [0.25, 0.3) is 0 Å². The van der Waals surface area contributed by atoms with Crippen molar-refractivity contribution in [3.63, 3.8) is 0 Å². The smallest absolute Gasteiger partial charge is 0.320 e. The number of carboxylic acids is 1. The molecule has 0 amide bonds. The highest BCUT2D eigenvalue weighted by atomic mass is 35.5. The topological polar surface area (TPSA) is 229 Å². The molecule has 0 saturated carbocycles. The van der Waals surface area contributed by atoms with Crippen LogP contribution in [-0.2, 0) is 47.8 Å². The lowest BCUT2D eigenvalue weighted by Gasteiger charge is -2.36. The van der Waals surface area contributed by atoms with Gasteiger partial charge >= 0.3 is 17.9 Å². The van der Waals surface area contributed by atoms with Gasteiger partial charge < -0.3 is 29.7 Å². The van der Waals surface area contributed by atoms with Gasteiger partial charge in [0, 0.05) is 12.8 Å². The number of allylic oxidation sites excluding steroid dienone is 40. The quantitative estimate of drug-likeness (QED) is 0.0345. The highest BCUT2D eigenvalue weighted by Crippen LogP contribution is 2.44. The number of rotatable bonds is 30. The molecule has 0 unspecified atom stereocenters. The summed E-state index contributed by atoms with van der Waals surface area (Å²) in [4.78, 5) is 101. The van der Waals surface area contributed by atoms with Crippen LogP contribution in [0.3, 0.4) is 0 Å². The molecule has 624 valence electrons. The molecule has 17 nitrogen and oxygen atoms in total. The second-order valence-corrected chi connectivity index (χ2v) is 33.9. The number of esters is 2. The van der Waals surface area contributed by atoms with Gasteiger partial charge in [0.15, 0.2) is 35.3 Å². The van der Waals surface area contributed by atoms with E-state index in [1.165, 1.54) is 0 Å². The fourth-order valence-corrected chi connectivity index (χ4v) is 13.0. The second kappa shape index (κ2) is 49.8. The molecule has 3 N–H and O–H groups in total. The minimum atomic E-state index is -0.907. The maximum atomic E-state index is 13.0. The van der Waals surface area contributed by atoms with Gasteiger partial charge in [0.2, 0.25) is 5.24 Å². The maximum absolute atomic E-state index is 13.0. The molecule has 114 heavy (non-hydrogen) atoms. The molecule has 4 rings (SSSR count). The van der Waals surface area contributed by atoms with Crippen molar-refractivity contribution >= 4 is 57.9 Å². The Balaban J connectivity index is 0.000000991. The first-order chi connectivity index (χ1) is 52.7. The van der Waals surface area contributed by atoms with Crippen LogP contribution in [0.4, 0.5) is 0 Å². The number of carboxylic acid groups (broad SMARTS) is 1. The summed E-state index contributed by atoms with van der Waals surface area (Å²) in [6.45, 7) is 40.8. The van der Waals surface area contributed by atoms with E-state index in [9.17, 15) is 48.6 Å². The Bertz CT molecular complexity index is 3900. The summed E-state index contributed by atoms with van der Waals surface area (Å²) in [6, 6.07) is 0. The van der Waals surface area contributed by atoms with E-state index in [1.807, 2.05) is 201 Å². The van der Waals surface area contributed by atoms with Gasteiger partial charge in [-0.25, -0.2) is 0 Å². The first-order valence-corrected chi connectivity index (χ1v) is 39.1. The normalized spacial score (nSPS) is 21.4. The number of Topliss-reactive ketones (excluding diaryl/α,β-unsaturated/α-hetero) is 4. The zero-order chi connectivity index (χ0) is 87.3. The lowest BCUT2D eigenvalue weighted by atomic mass is 9.71. The summed E-state index contributed by atoms with van der Waals surface area (Å²) in [5.74, 6) is -2.18. The Labute approximate surface area is 688 Å². The Morgan fingerprint density at radius 2 is 0.561 bits per heavy atom. The van der Waals surface area contributed by atoms with Gasteiger partial charge in [0.1, 0.15) is 12.2 Å². The van der Waals surface area contributed by atoms with E-state index in [4.69, 9.17) is 26.2 Å². The molecular weight excluding hydrogens is 1450 g/mol. The summed E-state index contributed by atoms with van der Waals surface area (Å²) in [7, 11) is 14.2. The number of hydrogen-bond acceptors (Lipinski definition) is 16. The number of ether oxygens (including phenoxy) is 2. The molecule has 0 radical (unpaired) electrons. The minimum Gasteiger partial charge on any atom is -0.480 e. The Morgan fingerprint density at radius 1 is 0.351 bits per heavy atom. The second-order valence-electron chi connectivity index (χ2n) is 33.5.